The number of halogens is 2. The molecule has 0 saturated carbocycles. The molecule has 102 valence electrons. The van der Waals surface area contributed by atoms with E-state index in [0.29, 0.717) is 12.1 Å². The monoisotopic (exact) mass is 272 g/mol. The zero-order chi connectivity index (χ0) is 14.1. The maximum atomic E-state index is 13.9. The average molecular weight is 272 g/mol. The predicted octanol–water partition coefficient (Wildman–Crippen LogP) is 4.37. The van der Waals surface area contributed by atoms with E-state index in [1.165, 1.54) is 12.1 Å². The second kappa shape index (κ2) is 4.96. The maximum absolute atomic E-state index is 13.9. The molecule has 2 nitrogen and oxygen atoms in total. The number of rotatable bonds is 3. The summed E-state index contributed by atoms with van der Waals surface area (Å²) in [5.41, 5.74) is 2.32. The third-order valence-electron chi connectivity index (χ3n) is 3.37. The Labute approximate surface area is 115 Å². The fraction of sp³-hybridized carbons (Fsp3) is 0.125. The topological polar surface area (TPSA) is 27.8 Å². The molecule has 1 heterocycles. The van der Waals surface area contributed by atoms with Gasteiger partial charge in [0.05, 0.1) is 0 Å². The summed E-state index contributed by atoms with van der Waals surface area (Å²) in [4.78, 5) is 3.11. The highest BCUT2D eigenvalue weighted by molar-refractivity contribution is 5.79. The summed E-state index contributed by atoms with van der Waals surface area (Å²) in [6.45, 7) is 1.98. The molecule has 2 N–H and O–H groups in total. The van der Waals surface area contributed by atoms with E-state index in [0.717, 1.165) is 16.5 Å². The van der Waals surface area contributed by atoms with E-state index < -0.39 is 11.6 Å². The Kier molecular flexibility index (Phi) is 3.14. The van der Waals surface area contributed by atoms with Crippen LogP contribution in [0.4, 0.5) is 14.5 Å². The molecular weight excluding hydrogens is 258 g/mol. The van der Waals surface area contributed by atoms with Crippen molar-refractivity contribution in [2.24, 2.45) is 0 Å². The molecule has 0 atom stereocenters. The quantitative estimate of drug-likeness (QED) is 0.728. The molecule has 1 aromatic heterocycles. The van der Waals surface area contributed by atoms with Crippen molar-refractivity contribution in [2.45, 2.75) is 13.5 Å². The van der Waals surface area contributed by atoms with Crippen LogP contribution in [0, 0.1) is 18.6 Å². The molecular formula is C16H14F2N2. The van der Waals surface area contributed by atoms with Gasteiger partial charge in [-0.1, -0.05) is 18.2 Å². The summed E-state index contributed by atoms with van der Waals surface area (Å²) in [7, 11) is 0. The molecule has 4 heteroatoms. The molecule has 0 aliphatic heterocycles. The maximum Gasteiger partial charge on any atom is 0.152 e. The lowest BCUT2D eigenvalue weighted by Crippen LogP contribution is -2.05. The van der Waals surface area contributed by atoms with Crippen molar-refractivity contribution < 1.29 is 8.78 Å². The van der Waals surface area contributed by atoms with E-state index in [2.05, 4.69) is 10.3 Å². The molecule has 0 radical (unpaired) electrons. The van der Waals surface area contributed by atoms with Crippen molar-refractivity contribution in [2.75, 3.05) is 5.32 Å². The standard InChI is InChI=1S/C16H14F2N2/c1-10-2-5-13(17)16(15(10)18)20-9-11-3-4-12-6-7-19-14(12)8-11/h2-8,19-20H,9H2,1H3. The number of hydrogen-bond donors (Lipinski definition) is 2. The first-order valence-electron chi connectivity index (χ1n) is 6.39. The van der Waals surface area contributed by atoms with Gasteiger partial charge < -0.3 is 10.3 Å². The van der Waals surface area contributed by atoms with Crippen LogP contribution in [0.5, 0.6) is 0 Å². The summed E-state index contributed by atoms with van der Waals surface area (Å²) in [5, 5.41) is 3.94. The van der Waals surface area contributed by atoms with E-state index in [1.54, 1.807) is 6.92 Å². The molecule has 0 amide bonds. The van der Waals surface area contributed by atoms with Crippen LogP contribution in [0.25, 0.3) is 10.9 Å². The lowest BCUT2D eigenvalue weighted by Gasteiger charge is -2.10. The Hall–Kier alpha value is -2.36. The Balaban J connectivity index is 1.84. The van der Waals surface area contributed by atoms with Crippen LogP contribution in [0.2, 0.25) is 0 Å². The van der Waals surface area contributed by atoms with Gasteiger partial charge in [0.25, 0.3) is 0 Å². The number of hydrogen-bond acceptors (Lipinski definition) is 1. The van der Waals surface area contributed by atoms with Gasteiger partial charge in [-0.15, -0.1) is 0 Å². The van der Waals surface area contributed by atoms with Gasteiger partial charge in [0.1, 0.15) is 11.5 Å². The lowest BCUT2D eigenvalue weighted by atomic mass is 10.1. The minimum atomic E-state index is -0.575. The molecule has 0 aliphatic rings. The fourth-order valence-electron chi connectivity index (χ4n) is 2.21. The van der Waals surface area contributed by atoms with Crippen LogP contribution in [-0.2, 0) is 6.54 Å². The van der Waals surface area contributed by atoms with Crippen molar-refractivity contribution in [3.63, 3.8) is 0 Å². The Morgan fingerprint density at radius 3 is 2.80 bits per heavy atom. The average Bonchev–Trinajstić information content (AvgIpc) is 2.90. The molecule has 20 heavy (non-hydrogen) atoms. The van der Waals surface area contributed by atoms with Gasteiger partial charge in [0, 0.05) is 18.3 Å². The van der Waals surface area contributed by atoms with Crippen LogP contribution in [-0.4, -0.2) is 4.98 Å². The van der Waals surface area contributed by atoms with Crippen molar-refractivity contribution >= 4 is 16.6 Å². The zero-order valence-corrected chi connectivity index (χ0v) is 11.0. The number of benzene rings is 2. The van der Waals surface area contributed by atoms with Gasteiger partial charge >= 0.3 is 0 Å². The van der Waals surface area contributed by atoms with Gasteiger partial charge in [-0.3, -0.25) is 0 Å². The minimum absolute atomic E-state index is 0.0726. The SMILES string of the molecule is Cc1ccc(F)c(NCc2ccc3cc[nH]c3c2)c1F. The van der Waals surface area contributed by atoms with E-state index in [1.807, 2.05) is 30.5 Å². The second-order valence-corrected chi connectivity index (χ2v) is 4.81. The molecule has 3 rings (SSSR count). The summed E-state index contributed by atoms with van der Waals surface area (Å²) in [6, 6.07) is 10.6. The molecule has 0 aliphatic carbocycles. The third-order valence-corrected chi connectivity index (χ3v) is 3.37. The summed E-state index contributed by atoms with van der Waals surface area (Å²) in [5.74, 6) is -1.11. The summed E-state index contributed by atoms with van der Waals surface area (Å²) in [6.07, 6.45) is 1.86. The number of aromatic amines is 1. The van der Waals surface area contributed by atoms with Crippen molar-refractivity contribution in [1.29, 1.82) is 0 Å². The number of H-pyrrole nitrogens is 1. The number of aryl methyl sites for hydroxylation is 1. The largest absolute Gasteiger partial charge is 0.376 e. The molecule has 3 aromatic rings. The molecule has 0 unspecified atom stereocenters. The van der Waals surface area contributed by atoms with Crippen molar-refractivity contribution in [3.05, 3.63) is 65.4 Å². The first-order valence-corrected chi connectivity index (χ1v) is 6.39. The predicted molar refractivity (Wildman–Crippen MR) is 76.7 cm³/mol. The first-order chi connectivity index (χ1) is 9.65. The van der Waals surface area contributed by atoms with Crippen molar-refractivity contribution in [3.8, 4) is 0 Å². The molecule has 0 fully saturated rings. The zero-order valence-electron chi connectivity index (χ0n) is 11.0. The molecule has 0 saturated heterocycles. The van der Waals surface area contributed by atoms with Gasteiger partial charge in [0.2, 0.25) is 0 Å². The van der Waals surface area contributed by atoms with Crippen LogP contribution >= 0.6 is 0 Å². The van der Waals surface area contributed by atoms with Gasteiger partial charge in [0.15, 0.2) is 5.82 Å². The third kappa shape index (κ3) is 2.25. The van der Waals surface area contributed by atoms with Gasteiger partial charge in [-0.2, -0.15) is 0 Å². The molecule has 2 aromatic carbocycles. The highest BCUT2D eigenvalue weighted by Gasteiger charge is 2.10. The Morgan fingerprint density at radius 1 is 1.10 bits per heavy atom. The lowest BCUT2D eigenvalue weighted by molar-refractivity contribution is 0.582. The first kappa shape index (κ1) is 12.7. The van der Waals surface area contributed by atoms with Crippen LogP contribution in [0.1, 0.15) is 11.1 Å². The number of fused-ring (bicyclic) bond motifs is 1. The van der Waals surface area contributed by atoms with Crippen LogP contribution in [0.15, 0.2) is 42.6 Å². The smallest absolute Gasteiger partial charge is 0.152 e. The molecule has 0 bridgehead atoms. The fourth-order valence-corrected chi connectivity index (χ4v) is 2.21. The molecule has 0 spiro atoms. The number of nitrogens with one attached hydrogen (secondary N) is 2. The van der Waals surface area contributed by atoms with Gasteiger partial charge in [-0.05, 0) is 41.6 Å². The Morgan fingerprint density at radius 2 is 1.95 bits per heavy atom. The van der Waals surface area contributed by atoms with E-state index in [-0.39, 0.29) is 5.69 Å². The van der Waals surface area contributed by atoms with Gasteiger partial charge in [-0.25, -0.2) is 8.78 Å². The van der Waals surface area contributed by atoms with E-state index in [9.17, 15) is 8.78 Å². The second-order valence-electron chi connectivity index (χ2n) is 4.81. The highest BCUT2D eigenvalue weighted by atomic mass is 19.1. The minimum Gasteiger partial charge on any atom is -0.376 e. The number of anilines is 1. The summed E-state index contributed by atoms with van der Waals surface area (Å²) >= 11 is 0. The van der Waals surface area contributed by atoms with Crippen LogP contribution < -0.4 is 5.32 Å². The van der Waals surface area contributed by atoms with Crippen molar-refractivity contribution in [1.82, 2.24) is 4.98 Å². The number of aromatic nitrogens is 1. The summed E-state index contributed by atoms with van der Waals surface area (Å²) < 4.78 is 27.5. The highest BCUT2D eigenvalue weighted by Crippen LogP contribution is 2.23. The normalized spacial score (nSPS) is 10.9. The van der Waals surface area contributed by atoms with E-state index in [4.69, 9.17) is 0 Å². The van der Waals surface area contributed by atoms with Crippen LogP contribution in [0.3, 0.4) is 0 Å². The van der Waals surface area contributed by atoms with E-state index >= 15 is 0 Å². The Bertz CT molecular complexity index is 762.